The van der Waals surface area contributed by atoms with E-state index >= 15 is 0 Å². The van der Waals surface area contributed by atoms with Crippen LogP contribution in [0.1, 0.15) is 55.2 Å². The van der Waals surface area contributed by atoms with E-state index in [1.807, 2.05) is 12.1 Å². The van der Waals surface area contributed by atoms with E-state index in [9.17, 15) is 8.42 Å². The number of fused-ring (bicyclic) bond motifs is 3. The Hall–Kier alpha value is -1.76. The third-order valence-electron chi connectivity index (χ3n) is 7.01. The van der Waals surface area contributed by atoms with Gasteiger partial charge in [-0.2, -0.15) is 4.31 Å². The fraction of sp³-hybridized carbons (Fsp3) is 0.440. The number of hydrogen-bond acceptors (Lipinski definition) is 4. The van der Waals surface area contributed by atoms with E-state index in [-0.39, 0.29) is 12.0 Å². The van der Waals surface area contributed by atoms with Crippen molar-refractivity contribution in [2.45, 2.75) is 53.9 Å². The maximum absolute atomic E-state index is 13.3. The number of anilines is 1. The maximum atomic E-state index is 13.3. The molecule has 2 aliphatic heterocycles. The molecule has 0 spiro atoms. The molecule has 0 aromatic heterocycles. The third kappa shape index (κ3) is 3.94. The summed E-state index contributed by atoms with van der Waals surface area (Å²) in [6, 6.07) is 14.8. The number of hydrogen-bond donors (Lipinski definition) is 1. The van der Waals surface area contributed by atoms with E-state index in [1.54, 1.807) is 22.1 Å². The van der Waals surface area contributed by atoms with Crippen LogP contribution in [-0.4, -0.2) is 32.1 Å². The second kappa shape index (κ2) is 8.64. The molecule has 4 nitrogen and oxygen atoms in total. The molecule has 31 heavy (non-hydrogen) atoms. The summed E-state index contributed by atoms with van der Waals surface area (Å²) < 4.78 is 28.4. The second-order valence-electron chi connectivity index (χ2n) is 8.82. The van der Waals surface area contributed by atoms with Gasteiger partial charge in [-0.1, -0.05) is 37.1 Å². The lowest BCUT2D eigenvalue weighted by atomic mass is 9.77. The Labute approximate surface area is 190 Å². The maximum Gasteiger partial charge on any atom is 0.243 e. The molecule has 2 aromatic rings. The highest BCUT2D eigenvalue weighted by Gasteiger charge is 2.38. The number of nitrogens with one attached hydrogen (secondary N) is 1. The van der Waals surface area contributed by atoms with E-state index in [0.717, 1.165) is 43.4 Å². The van der Waals surface area contributed by atoms with Crippen LogP contribution < -0.4 is 5.32 Å². The molecule has 6 heteroatoms. The van der Waals surface area contributed by atoms with Crippen LogP contribution in [-0.2, 0) is 10.0 Å². The third-order valence-corrected chi connectivity index (χ3v) is 9.65. The van der Waals surface area contributed by atoms with E-state index in [4.69, 9.17) is 0 Å². The number of allylic oxidation sites excluding steroid dienone is 2. The first kappa shape index (κ1) is 21.1. The first-order valence-electron chi connectivity index (χ1n) is 11.3. The Morgan fingerprint density at radius 3 is 2.45 bits per heavy atom. The van der Waals surface area contributed by atoms with Crippen molar-refractivity contribution < 1.29 is 8.42 Å². The van der Waals surface area contributed by atoms with Gasteiger partial charge in [0.05, 0.1) is 10.9 Å². The zero-order chi connectivity index (χ0) is 21.4. The highest BCUT2D eigenvalue weighted by atomic mass is 32.2. The first-order valence-corrected chi connectivity index (χ1v) is 14.0. The summed E-state index contributed by atoms with van der Waals surface area (Å²) in [5.41, 5.74) is 3.47. The fourth-order valence-corrected chi connectivity index (χ4v) is 7.27. The lowest BCUT2D eigenvalue weighted by Crippen LogP contribution is -2.33. The molecule has 3 unspecified atom stereocenters. The lowest BCUT2D eigenvalue weighted by Gasteiger charge is -2.38. The molecule has 164 valence electrons. The highest BCUT2D eigenvalue weighted by Crippen LogP contribution is 2.50. The molecule has 5 rings (SSSR count). The summed E-state index contributed by atoms with van der Waals surface area (Å²) >= 11 is 1.76. The van der Waals surface area contributed by atoms with Crippen LogP contribution in [0, 0.1) is 5.92 Å². The summed E-state index contributed by atoms with van der Waals surface area (Å²) in [4.78, 5) is 1.71. The molecule has 0 saturated carbocycles. The molecule has 2 heterocycles. The molecule has 1 fully saturated rings. The molecule has 1 N–H and O–H groups in total. The minimum atomic E-state index is -3.44. The summed E-state index contributed by atoms with van der Waals surface area (Å²) in [7, 11) is -3.44. The average molecular weight is 455 g/mol. The van der Waals surface area contributed by atoms with Gasteiger partial charge in [0, 0.05) is 29.6 Å². The standard InChI is InChI=1S/C25H30N2O2S2/c1-30-19-11-9-18(10-12-19)25-22-8-6-7-21(22)23-17-20(13-14-24(23)26-25)31(28,29)27-15-4-2-3-5-16-27/h6-7,9-14,17,21-22,25-26H,2-5,8,15-16H2,1H3. The Kier molecular flexibility index (Phi) is 5.88. The summed E-state index contributed by atoms with van der Waals surface area (Å²) in [6.07, 6.45) is 11.8. The van der Waals surface area contributed by atoms with Crippen molar-refractivity contribution in [2.75, 3.05) is 24.7 Å². The van der Waals surface area contributed by atoms with Crippen LogP contribution >= 0.6 is 11.8 Å². The van der Waals surface area contributed by atoms with Crippen molar-refractivity contribution in [1.29, 1.82) is 0 Å². The largest absolute Gasteiger partial charge is 0.378 e. The van der Waals surface area contributed by atoms with Crippen molar-refractivity contribution in [3.8, 4) is 0 Å². The van der Waals surface area contributed by atoms with Crippen LogP contribution in [0.15, 0.2) is 64.4 Å². The zero-order valence-corrected chi connectivity index (χ0v) is 19.6. The number of rotatable bonds is 4. The van der Waals surface area contributed by atoms with Gasteiger partial charge in [0.2, 0.25) is 10.0 Å². The summed E-state index contributed by atoms with van der Waals surface area (Å²) in [5, 5.41) is 3.74. The highest BCUT2D eigenvalue weighted by molar-refractivity contribution is 7.98. The van der Waals surface area contributed by atoms with Crippen LogP contribution in [0.4, 0.5) is 5.69 Å². The van der Waals surface area contributed by atoms with E-state index in [1.165, 1.54) is 10.5 Å². The van der Waals surface area contributed by atoms with E-state index in [2.05, 4.69) is 48.0 Å². The van der Waals surface area contributed by atoms with Gasteiger partial charge in [0.15, 0.2) is 0 Å². The van der Waals surface area contributed by atoms with Crippen LogP contribution in [0.3, 0.4) is 0 Å². The Balaban J connectivity index is 1.48. The van der Waals surface area contributed by atoms with Crippen LogP contribution in [0.5, 0.6) is 0 Å². The van der Waals surface area contributed by atoms with Crippen molar-refractivity contribution >= 4 is 27.5 Å². The first-order chi connectivity index (χ1) is 15.1. The van der Waals surface area contributed by atoms with Crippen LogP contribution in [0.25, 0.3) is 0 Å². The average Bonchev–Trinajstić information content (AvgIpc) is 3.13. The zero-order valence-electron chi connectivity index (χ0n) is 18.0. The van der Waals surface area contributed by atoms with Crippen molar-refractivity contribution in [3.63, 3.8) is 0 Å². The fourth-order valence-electron chi connectivity index (χ4n) is 5.31. The van der Waals surface area contributed by atoms with Gasteiger partial charge in [-0.05, 0) is 72.9 Å². The molecule has 2 aromatic carbocycles. The molecule has 3 aliphatic rings. The lowest BCUT2D eigenvalue weighted by molar-refractivity contribution is 0.419. The molecular formula is C25H30N2O2S2. The van der Waals surface area contributed by atoms with E-state index in [0.29, 0.717) is 23.9 Å². The molecule has 3 atom stereocenters. The van der Waals surface area contributed by atoms with Gasteiger partial charge in [-0.3, -0.25) is 0 Å². The molecule has 1 aliphatic carbocycles. The van der Waals surface area contributed by atoms with Gasteiger partial charge >= 0.3 is 0 Å². The monoisotopic (exact) mass is 454 g/mol. The van der Waals surface area contributed by atoms with Gasteiger partial charge in [-0.15, -0.1) is 11.8 Å². The number of nitrogens with zero attached hydrogens (tertiary/aromatic N) is 1. The number of sulfonamides is 1. The number of benzene rings is 2. The Morgan fingerprint density at radius 1 is 1.00 bits per heavy atom. The minimum Gasteiger partial charge on any atom is -0.378 e. The van der Waals surface area contributed by atoms with Crippen molar-refractivity contribution in [1.82, 2.24) is 4.31 Å². The SMILES string of the molecule is CSc1ccc(C2Nc3ccc(S(=O)(=O)N4CCCCCC4)cc3C3C=CCC32)cc1. The predicted octanol–water partition coefficient (Wildman–Crippen LogP) is 5.80. The number of thioether (sulfide) groups is 1. The van der Waals surface area contributed by atoms with Gasteiger partial charge in [-0.25, -0.2) is 8.42 Å². The topological polar surface area (TPSA) is 49.4 Å². The quantitative estimate of drug-likeness (QED) is 0.469. The molecule has 1 saturated heterocycles. The van der Waals surface area contributed by atoms with Gasteiger partial charge in [0.25, 0.3) is 0 Å². The molecule has 0 bridgehead atoms. The Morgan fingerprint density at radius 2 is 1.74 bits per heavy atom. The molecular weight excluding hydrogens is 424 g/mol. The summed E-state index contributed by atoms with van der Waals surface area (Å²) in [5.74, 6) is 0.657. The molecule has 0 amide bonds. The normalized spacial score (nSPS) is 26.0. The Bertz CT molecular complexity index is 1070. The smallest absolute Gasteiger partial charge is 0.243 e. The van der Waals surface area contributed by atoms with E-state index < -0.39 is 10.0 Å². The van der Waals surface area contributed by atoms with Crippen molar-refractivity contribution in [2.24, 2.45) is 5.92 Å². The minimum absolute atomic E-state index is 0.233. The second-order valence-corrected chi connectivity index (χ2v) is 11.6. The van der Waals surface area contributed by atoms with Gasteiger partial charge < -0.3 is 5.32 Å². The summed E-state index contributed by atoms with van der Waals surface area (Å²) in [6.45, 7) is 1.27. The predicted molar refractivity (Wildman–Crippen MR) is 128 cm³/mol. The van der Waals surface area contributed by atoms with Crippen LogP contribution in [0.2, 0.25) is 0 Å². The van der Waals surface area contributed by atoms with Crippen molar-refractivity contribution in [3.05, 3.63) is 65.7 Å². The molecule has 0 radical (unpaired) electrons. The van der Waals surface area contributed by atoms with Gasteiger partial charge in [0.1, 0.15) is 0 Å².